The van der Waals surface area contributed by atoms with E-state index in [4.69, 9.17) is 9.47 Å². The Morgan fingerprint density at radius 1 is 1.14 bits per heavy atom. The van der Waals surface area contributed by atoms with E-state index in [-0.39, 0.29) is 35.5 Å². The Hall–Kier alpha value is -2.11. The lowest BCUT2D eigenvalue weighted by Gasteiger charge is -2.29. The fraction of sp³-hybridized carbons (Fsp3) is 0.391. The van der Waals surface area contributed by atoms with Gasteiger partial charge in [0.25, 0.3) is 0 Å². The van der Waals surface area contributed by atoms with Crippen molar-refractivity contribution in [2.75, 3.05) is 13.2 Å². The zero-order valence-corrected chi connectivity index (χ0v) is 16.0. The van der Waals surface area contributed by atoms with Gasteiger partial charge in [0.15, 0.2) is 17.9 Å². The number of ether oxygens (including phenoxy) is 2. The Bertz CT molecular complexity index is 827. The first kappa shape index (κ1) is 20.6. The van der Waals surface area contributed by atoms with Gasteiger partial charge in [-0.15, -0.1) is 0 Å². The van der Waals surface area contributed by atoms with Crippen LogP contribution in [0.5, 0.6) is 0 Å². The largest absolute Gasteiger partial charge is 0.353 e. The zero-order chi connectivity index (χ0) is 20.1. The predicted octanol–water partition coefficient (Wildman–Crippen LogP) is 6.45. The van der Waals surface area contributed by atoms with Crippen molar-refractivity contribution in [3.63, 3.8) is 0 Å². The van der Waals surface area contributed by atoms with Crippen LogP contribution < -0.4 is 0 Å². The van der Waals surface area contributed by atoms with E-state index in [0.717, 1.165) is 12.8 Å². The lowest BCUT2D eigenvalue weighted by Crippen LogP contribution is -2.28. The molecule has 0 aliphatic carbocycles. The number of halogens is 3. The minimum absolute atomic E-state index is 0.0354. The molecule has 2 aromatic rings. The number of benzene rings is 2. The Labute approximate surface area is 164 Å². The van der Waals surface area contributed by atoms with Gasteiger partial charge in [0.1, 0.15) is 5.82 Å². The van der Waals surface area contributed by atoms with E-state index >= 15 is 0 Å². The summed E-state index contributed by atoms with van der Waals surface area (Å²) >= 11 is 0. The van der Waals surface area contributed by atoms with Gasteiger partial charge in [-0.1, -0.05) is 50.3 Å². The molecule has 28 heavy (non-hydrogen) atoms. The molecule has 0 radical (unpaired) electrons. The second-order valence-electron chi connectivity index (χ2n) is 7.03. The first-order valence-corrected chi connectivity index (χ1v) is 9.68. The summed E-state index contributed by atoms with van der Waals surface area (Å²) in [6, 6.07) is 7.31. The van der Waals surface area contributed by atoms with Crippen molar-refractivity contribution in [2.45, 2.75) is 44.8 Å². The molecule has 3 rings (SSSR count). The van der Waals surface area contributed by atoms with Crippen LogP contribution in [0.4, 0.5) is 13.2 Å². The molecular weight excluding hydrogens is 365 g/mol. The van der Waals surface area contributed by atoms with E-state index in [1.54, 1.807) is 12.1 Å². The van der Waals surface area contributed by atoms with Crippen molar-refractivity contribution in [2.24, 2.45) is 0 Å². The normalized spacial score (nSPS) is 19.6. The van der Waals surface area contributed by atoms with Crippen LogP contribution in [0.3, 0.4) is 0 Å². The van der Waals surface area contributed by atoms with Crippen molar-refractivity contribution in [1.82, 2.24) is 0 Å². The highest BCUT2D eigenvalue weighted by molar-refractivity contribution is 5.67. The van der Waals surface area contributed by atoms with Crippen molar-refractivity contribution < 1.29 is 22.6 Å². The van der Waals surface area contributed by atoms with Crippen LogP contribution >= 0.6 is 0 Å². The molecule has 1 heterocycles. The summed E-state index contributed by atoms with van der Waals surface area (Å²) in [5.74, 6) is -2.62. The van der Waals surface area contributed by atoms with Crippen LogP contribution in [-0.4, -0.2) is 19.5 Å². The third kappa shape index (κ3) is 4.47. The van der Waals surface area contributed by atoms with Gasteiger partial charge in [0.05, 0.1) is 6.61 Å². The minimum atomic E-state index is -0.968. The second kappa shape index (κ2) is 9.39. The summed E-state index contributed by atoms with van der Waals surface area (Å²) in [5.41, 5.74) is 0.927. The molecule has 0 aromatic heterocycles. The topological polar surface area (TPSA) is 18.5 Å². The van der Waals surface area contributed by atoms with E-state index in [9.17, 15) is 13.2 Å². The van der Waals surface area contributed by atoms with Crippen LogP contribution in [-0.2, 0) is 9.47 Å². The predicted molar refractivity (Wildman–Crippen MR) is 104 cm³/mol. The molecular formula is C23H25F3O2. The fourth-order valence-corrected chi connectivity index (χ4v) is 3.43. The van der Waals surface area contributed by atoms with Gasteiger partial charge in [0, 0.05) is 23.7 Å². The first-order valence-electron chi connectivity index (χ1n) is 9.68. The average Bonchev–Trinajstić information content (AvgIpc) is 2.71. The molecule has 0 spiro atoms. The Balaban J connectivity index is 1.74. The van der Waals surface area contributed by atoms with Crippen molar-refractivity contribution in [3.8, 4) is 11.1 Å². The molecule has 5 heteroatoms. The maximum Gasteiger partial charge on any atom is 0.166 e. The molecule has 150 valence electrons. The standard InChI is InChI=1S/C23H25F3O2/c1-3-5-12-27-21-11-8-17(14-28-21)19-10-9-18(22(25)23(19)26)16-7-6-15(4-2)20(24)13-16/h4,6-7,9-10,13,17,21H,2-3,5,8,11-12,14H2,1H3. The highest BCUT2D eigenvalue weighted by atomic mass is 19.2. The summed E-state index contributed by atoms with van der Waals surface area (Å²) in [4.78, 5) is 0. The summed E-state index contributed by atoms with van der Waals surface area (Å²) in [7, 11) is 0. The van der Waals surface area contributed by atoms with Gasteiger partial charge in [-0.3, -0.25) is 0 Å². The SMILES string of the molecule is C=Cc1ccc(-c2ccc(C3CCC(OCCCC)OC3)c(F)c2F)cc1F. The molecule has 0 bridgehead atoms. The number of rotatable bonds is 7. The van der Waals surface area contributed by atoms with Crippen LogP contribution in [0.25, 0.3) is 17.2 Å². The third-order valence-electron chi connectivity index (χ3n) is 5.12. The third-order valence-corrected chi connectivity index (χ3v) is 5.12. The molecule has 1 saturated heterocycles. The average molecular weight is 390 g/mol. The fourth-order valence-electron chi connectivity index (χ4n) is 3.43. The quantitative estimate of drug-likeness (QED) is 0.506. The summed E-state index contributed by atoms with van der Waals surface area (Å²) in [6.45, 7) is 6.54. The van der Waals surface area contributed by atoms with Gasteiger partial charge in [-0.2, -0.15) is 0 Å². The van der Waals surface area contributed by atoms with Crippen LogP contribution in [0.1, 0.15) is 49.7 Å². The van der Waals surface area contributed by atoms with E-state index in [0.29, 0.717) is 25.0 Å². The zero-order valence-electron chi connectivity index (χ0n) is 16.0. The lowest BCUT2D eigenvalue weighted by atomic mass is 9.90. The van der Waals surface area contributed by atoms with Gasteiger partial charge in [-0.05, 0) is 36.5 Å². The number of hydrogen-bond donors (Lipinski definition) is 0. The van der Waals surface area contributed by atoms with Gasteiger partial charge in [0.2, 0.25) is 0 Å². The maximum absolute atomic E-state index is 14.8. The molecule has 2 atom stereocenters. The highest BCUT2D eigenvalue weighted by Crippen LogP contribution is 2.34. The maximum atomic E-state index is 14.8. The molecule has 2 nitrogen and oxygen atoms in total. The summed E-state index contributed by atoms with van der Waals surface area (Å²) < 4.78 is 54.7. The molecule has 0 saturated carbocycles. The molecule has 1 fully saturated rings. The molecule has 1 aliphatic rings. The van der Waals surface area contributed by atoms with Crippen LogP contribution in [0.15, 0.2) is 36.9 Å². The highest BCUT2D eigenvalue weighted by Gasteiger charge is 2.27. The summed E-state index contributed by atoms with van der Waals surface area (Å²) in [5, 5.41) is 0. The number of hydrogen-bond acceptors (Lipinski definition) is 2. The molecule has 2 unspecified atom stereocenters. The van der Waals surface area contributed by atoms with Crippen LogP contribution in [0, 0.1) is 17.5 Å². The van der Waals surface area contributed by atoms with Gasteiger partial charge in [-0.25, -0.2) is 13.2 Å². The second-order valence-corrected chi connectivity index (χ2v) is 7.03. The molecule has 0 amide bonds. The van der Waals surface area contributed by atoms with E-state index in [2.05, 4.69) is 13.5 Å². The molecule has 0 N–H and O–H groups in total. The van der Waals surface area contributed by atoms with Crippen LogP contribution in [0.2, 0.25) is 0 Å². The Morgan fingerprint density at radius 2 is 1.96 bits per heavy atom. The van der Waals surface area contributed by atoms with E-state index < -0.39 is 17.5 Å². The van der Waals surface area contributed by atoms with Gasteiger partial charge < -0.3 is 9.47 Å². The molecule has 2 aromatic carbocycles. The number of unbranched alkanes of at least 4 members (excludes halogenated alkanes) is 1. The lowest BCUT2D eigenvalue weighted by molar-refractivity contribution is -0.167. The van der Waals surface area contributed by atoms with Gasteiger partial charge >= 0.3 is 0 Å². The Morgan fingerprint density at radius 3 is 2.61 bits per heavy atom. The monoisotopic (exact) mass is 390 g/mol. The summed E-state index contributed by atoms with van der Waals surface area (Å²) in [6.07, 6.45) is 4.43. The van der Waals surface area contributed by atoms with Crippen molar-refractivity contribution >= 4 is 6.08 Å². The smallest absolute Gasteiger partial charge is 0.166 e. The van der Waals surface area contributed by atoms with E-state index in [1.165, 1.54) is 24.3 Å². The van der Waals surface area contributed by atoms with E-state index in [1.807, 2.05) is 0 Å². The Kier molecular flexibility index (Phi) is 6.92. The minimum Gasteiger partial charge on any atom is -0.353 e. The first-order chi connectivity index (χ1) is 13.5. The molecule has 1 aliphatic heterocycles. The van der Waals surface area contributed by atoms with Crippen molar-refractivity contribution in [3.05, 3.63) is 65.5 Å². The van der Waals surface area contributed by atoms with Crippen molar-refractivity contribution in [1.29, 1.82) is 0 Å².